The number of carbonyl (C=O) groups is 3. The van der Waals surface area contributed by atoms with Crippen molar-refractivity contribution in [3.63, 3.8) is 0 Å². The van der Waals surface area contributed by atoms with Crippen LogP contribution in [0.25, 0.3) is 0 Å². The second-order valence-corrected chi connectivity index (χ2v) is 8.18. The van der Waals surface area contributed by atoms with Crippen molar-refractivity contribution in [3.05, 3.63) is 45.8 Å². The number of fused-ring (bicyclic) bond motifs is 1. The molecule has 0 aliphatic heterocycles. The first-order valence-corrected chi connectivity index (χ1v) is 10.3. The van der Waals surface area contributed by atoms with Crippen LogP contribution in [-0.4, -0.2) is 30.0 Å². The molecular weight excluding hydrogens is 392 g/mol. The average molecular weight is 416 g/mol. The Labute approximate surface area is 173 Å². The SMILES string of the molecule is Cc1cccc(O[C@@H](C)C(=O)O[C@@H](C)C(=O)Nc2sc3c(c2C(N)=O)CCC3)c1. The Kier molecular flexibility index (Phi) is 6.22. The molecular formula is C21H24N2O5S. The molecule has 0 spiro atoms. The van der Waals surface area contributed by atoms with Crippen molar-refractivity contribution >= 4 is 34.1 Å². The maximum Gasteiger partial charge on any atom is 0.347 e. The zero-order chi connectivity index (χ0) is 21.1. The van der Waals surface area contributed by atoms with Crippen LogP contribution in [0.2, 0.25) is 0 Å². The summed E-state index contributed by atoms with van der Waals surface area (Å²) in [5, 5.41) is 3.10. The van der Waals surface area contributed by atoms with Gasteiger partial charge in [0.25, 0.3) is 11.8 Å². The summed E-state index contributed by atoms with van der Waals surface area (Å²) in [4.78, 5) is 37.7. The van der Waals surface area contributed by atoms with Gasteiger partial charge >= 0.3 is 5.97 Å². The van der Waals surface area contributed by atoms with Gasteiger partial charge in [0.15, 0.2) is 12.2 Å². The Morgan fingerprint density at radius 3 is 2.62 bits per heavy atom. The molecule has 0 radical (unpaired) electrons. The molecule has 2 amide bonds. The van der Waals surface area contributed by atoms with Crippen molar-refractivity contribution in [2.75, 3.05) is 5.32 Å². The molecule has 0 fully saturated rings. The maximum atomic E-state index is 12.5. The fourth-order valence-corrected chi connectivity index (χ4v) is 4.53. The summed E-state index contributed by atoms with van der Waals surface area (Å²) in [6.45, 7) is 4.95. The third-order valence-corrected chi connectivity index (χ3v) is 5.91. The van der Waals surface area contributed by atoms with Gasteiger partial charge in [0.1, 0.15) is 10.8 Å². The van der Waals surface area contributed by atoms with E-state index >= 15 is 0 Å². The summed E-state index contributed by atoms with van der Waals surface area (Å²) >= 11 is 1.35. The molecule has 0 bridgehead atoms. The Bertz CT molecular complexity index is 953. The number of thiophene rings is 1. The highest BCUT2D eigenvalue weighted by Crippen LogP contribution is 2.38. The standard InChI is InChI=1S/C21H24N2O5S/c1-11-6-4-7-14(10-11)27-13(3)21(26)28-12(2)19(25)23-20-17(18(22)24)15-8-5-9-16(15)29-20/h4,6-7,10,12-13H,5,8-9H2,1-3H3,(H2,22,24)(H,23,25)/t12-,13-/m0/s1. The number of anilines is 1. The van der Waals surface area contributed by atoms with E-state index in [9.17, 15) is 14.4 Å². The number of hydrogen-bond donors (Lipinski definition) is 2. The molecule has 0 saturated heterocycles. The number of nitrogens with one attached hydrogen (secondary N) is 1. The molecule has 0 unspecified atom stereocenters. The fraction of sp³-hybridized carbons (Fsp3) is 0.381. The number of ether oxygens (including phenoxy) is 2. The normalized spacial score (nSPS) is 14.6. The minimum atomic E-state index is -1.05. The van der Waals surface area contributed by atoms with Gasteiger partial charge in [-0.1, -0.05) is 12.1 Å². The van der Waals surface area contributed by atoms with Crippen LogP contribution in [0.1, 0.15) is 46.6 Å². The van der Waals surface area contributed by atoms with Crippen molar-refractivity contribution in [1.29, 1.82) is 0 Å². The minimum absolute atomic E-state index is 0.366. The van der Waals surface area contributed by atoms with Crippen LogP contribution in [0, 0.1) is 6.92 Å². The number of carbonyl (C=O) groups excluding carboxylic acids is 3. The number of aryl methyl sites for hydroxylation is 2. The molecule has 3 rings (SSSR count). The zero-order valence-corrected chi connectivity index (χ0v) is 17.4. The highest BCUT2D eigenvalue weighted by atomic mass is 32.1. The van der Waals surface area contributed by atoms with Crippen molar-refractivity contribution in [2.45, 2.75) is 52.2 Å². The highest BCUT2D eigenvalue weighted by molar-refractivity contribution is 7.17. The monoisotopic (exact) mass is 416 g/mol. The largest absolute Gasteiger partial charge is 0.479 e. The lowest BCUT2D eigenvalue weighted by Gasteiger charge is -2.18. The van der Waals surface area contributed by atoms with E-state index in [-0.39, 0.29) is 0 Å². The van der Waals surface area contributed by atoms with Gasteiger partial charge in [0, 0.05) is 4.88 Å². The number of rotatable bonds is 7. The summed E-state index contributed by atoms with van der Waals surface area (Å²) < 4.78 is 10.8. The maximum absolute atomic E-state index is 12.5. The van der Waals surface area contributed by atoms with Gasteiger partial charge in [-0.25, -0.2) is 4.79 Å². The van der Waals surface area contributed by atoms with Gasteiger partial charge in [-0.3, -0.25) is 9.59 Å². The molecule has 3 N–H and O–H groups in total. The molecule has 1 aliphatic carbocycles. The van der Waals surface area contributed by atoms with E-state index in [0.717, 1.165) is 35.3 Å². The number of nitrogens with two attached hydrogens (primary N) is 1. The molecule has 0 saturated carbocycles. The predicted octanol–water partition coefficient (Wildman–Crippen LogP) is 2.98. The van der Waals surface area contributed by atoms with Crippen LogP contribution >= 0.6 is 11.3 Å². The van der Waals surface area contributed by atoms with Crippen molar-refractivity contribution in [1.82, 2.24) is 0 Å². The third-order valence-electron chi connectivity index (χ3n) is 4.70. The van der Waals surface area contributed by atoms with Crippen molar-refractivity contribution in [3.8, 4) is 5.75 Å². The molecule has 1 aliphatic rings. The zero-order valence-electron chi connectivity index (χ0n) is 16.6. The lowest BCUT2D eigenvalue weighted by atomic mass is 10.1. The molecule has 7 nitrogen and oxygen atoms in total. The van der Waals surface area contributed by atoms with Gasteiger partial charge in [-0.2, -0.15) is 0 Å². The smallest absolute Gasteiger partial charge is 0.347 e. The second-order valence-electron chi connectivity index (χ2n) is 7.07. The van der Waals surface area contributed by atoms with Gasteiger partial charge in [0.05, 0.1) is 5.56 Å². The number of primary amides is 1. The Morgan fingerprint density at radius 1 is 1.17 bits per heavy atom. The average Bonchev–Trinajstić information content (AvgIpc) is 3.21. The Balaban J connectivity index is 1.61. The lowest BCUT2D eigenvalue weighted by molar-refractivity contribution is -0.159. The molecule has 29 heavy (non-hydrogen) atoms. The Morgan fingerprint density at radius 2 is 1.93 bits per heavy atom. The van der Waals surface area contributed by atoms with Crippen LogP contribution < -0.4 is 15.8 Å². The molecule has 8 heteroatoms. The van der Waals surface area contributed by atoms with Crippen molar-refractivity contribution < 1.29 is 23.9 Å². The van der Waals surface area contributed by atoms with Gasteiger partial charge in [-0.05, 0) is 63.3 Å². The second kappa shape index (κ2) is 8.65. The van der Waals surface area contributed by atoms with Gasteiger partial charge in [-0.15, -0.1) is 11.3 Å². The molecule has 1 aromatic heterocycles. The molecule has 2 aromatic rings. The van der Waals surface area contributed by atoms with Crippen LogP contribution in [0.15, 0.2) is 24.3 Å². The molecule has 2 atom stereocenters. The highest BCUT2D eigenvalue weighted by Gasteiger charge is 2.28. The number of benzene rings is 1. The van der Waals surface area contributed by atoms with Gasteiger partial charge < -0.3 is 20.5 Å². The first kappa shape index (κ1) is 20.9. The van der Waals surface area contributed by atoms with Crippen LogP contribution in [0.5, 0.6) is 5.75 Å². The summed E-state index contributed by atoms with van der Waals surface area (Å²) in [5.41, 5.74) is 7.79. The fourth-order valence-electron chi connectivity index (χ4n) is 3.23. The minimum Gasteiger partial charge on any atom is -0.479 e. The Hall–Kier alpha value is -2.87. The van der Waals surface area contributed by atoms with Crippen LogP contribution in [0.3, 0.4) is 0 Å². The lowest BCUT2D eigenvalue weighted by Crippen LogP contribution is -2.35. The predicted molar refractivity (Wildman–Crippen MR) is 110 cm³/mol. The summed E-state index contributed by atoms with van der Waals surface area (Å²) in [5.74, 6) is -1.20. The third kappa shape index (κ3) is 4.76. The van der Waals surface area contributed by atoms with E-state index in [4.69, 9.17) is 15.2 Å². The van der Waals surface area contributed by atoms with Crippen LogP contribution in [-0.2, 0) is 27.2 Å². The number of amides is 2. The van der Waals surface area contributed by atoms with E-state index in [0.29, 0.717) is 16.3 Å². The number of hydrogen-bond acceptors (Lipinski definition) is 6. The van der Waals surface area contributed by atoms with E-state index in [2.05, 4.69) is 5.32 Å². The summed E-state index contributed by atoms with van der Waals surface area (Å²) in [7, 11) is 0. The van der Waals surface area contributed by atoms with Crippen LogP contribution in [0.4, 0.5) is 5.00 Å². The summed E-state index contributed by atoms with van der Waals surface area (Å²) in [6.07, 6.45) is 0.692. The van der Waals surface area contributed by atoms with Gasteiger partial charge in [0.2, 0.25) is 0 Å². The molecule has 1 heterocycles. The molecule has 154 valence electrons. The van der Waals surface area contributed by atoms with E-state index < -0.39 is 30.0 Å². The summed E-state index contributed by atoms with van der Waals surface area (Å²) in [6, 6.07) is 7.30. The first-order valence-electron chi connectivity index (χ1n) is 9.45. The quantitative estimate of drug-likeness (QED) is 0.675. The van der Waals surface area contributed by atoms with E-state index in [1.54, 1.807) is 19.1 Å². The first-order chi connectivity index (χ1) is 13.8. The number of esters is 1. The molecule has 1 aromatic carbocycles. The van der Waals surface area contributed by atoms with E-state index in [1.807, 2.05) is 19.1 Å². The topological polar surface area (TPSA) is 108 Å². The van der Waals surface area contributed by atoms with Crippen molar-refractivity contribution in [2.24, 2.45) is 5.73 Å². The van der Waals surface area contributed by atoms with E-state index in [1.165, 1.54) is 18.3 Å².